The summed E-state index contributed by atoms with van der Waals surface area (Å²) in [6.45, 7) is 6.85. The Kier molecular flexibility index (Phi) is 4.92. The number of amides is 1. The van der Waals surface area contributed by atoms with E-state index in [1.54, 1.807) is 0 Å². The third-order valence-electron chi connectivity index (χ3n) is 2.04. The summed E-state index contributed by atoms with van der Waals surface area (Å²) in [5.41, 5.74) is 2.09. The molecule has 0 aromatic carbocycles. The van der Waals surface area contributed by atoms with E-state index < -0.39 is 0 Å². The van der Waals surface area contributed by atoms with Crippen LogP contribution in [0.3, 0.4) is 0 Å². The Bertz CT molecular complexity index is 333. The number of aromatic nitrogens is 1. The topological polar surface area (TPSA) is 54.0 Å². The van der Waals surface area contributed by atoms with Gasteiger partial charge in [0, 0.05) is 24.5 Å². The smallest absolute Gasteiger partial charge is 0.234 e. The molecule has 88 valence electrons. The molecule has 1 amide bonds. The average Bonchev–Trinajstić information content (AvgIpc) is 2.20. The number of hydrogen-bond donors (Lipinski definition) is 2. The zero-order chi connectivity index (χ0) is 12.0. The molecule has 1 aromatic heterocycles. The van der Waals surface area contributed by atoms with E-state index in [4.69, 9.17) is 0 Å². The molecule has 0 spiro atoms. The molecule has 16 heavy (non-hydrogen) atoms. The fourth-order valence-electron chi connectivity index (χ4n) is 1.30. The summed E-state index contributed by atoms with van der Waals surface area (Å²) in [7, 11) is 0. The van der Waals surface area contributed by atoms with Crippen LogP contribution in [-0.4, -0.2) is 23.5 Å². The van der Waals surface area contributed by atoms with Crippen LogP contribution >= 0.6 is 0 Å². The van der Waals surface area contributed by atoms with Crippen molar-refractivity contribution in [2.75, 3.05) is 6.54 Å². The monoisotopic (exact) mass is 221 g/mol. The molecule has 0 aliphatic carbocycles. The van der Waals surface area contributed by atoms with Crippen molar-refractivity contribution >= 4 is 5.91 Å². The zero-order valence-electron chi connectivity index (χ0n) is 10.1. The van der Waals surface area contributed by atoms with Gasteiger partial charge in [-0.15, -0.1) is 0 Å². The van der Waals surface area contributed by atoms with Crippen LogP contribution in [0.4, 0.5) is 0 Å². The van der Waals surface area contributed by atoms with Crippen molar-refractivity contribution in [1.29, 1.82) is 0 Å². The van der Waals surface area contributed by atoms with E-state index in [1.165, 1.54) is 0 Å². The van der Waals surface area contributed by atoms with Crippen LogP contribution in [0.1, 0.15) is 25.1 Å². The second-order valence-electron chi connectivity index (χ2n) is 4.13. The van der Waals surface area contributed by atoms with Crippen LogP contribution in [0.15, 0.2) is 18.3 Å². The summed E-state index contributed by atoms with van der Waals surface area (Å²) in [5, 5.41) is 5.90. The molecule has 0 bridgehead atoms. The van der Waals surface area contributed by atoms with E-state index >= 15 is 0 Å². The van der Waals surface area contributed by atoms with E-state index in [-0.39, 0.29) is 11.9 Å². The third-order valence-corrected chi connectivity index (χ3v) is 2.04. The molecular formula is C12H19N3O. The predicted octanol–water partition coefficient (Wildman–Crippen LogP) is 1.00. The number of rotatable bonds is 5. The molecule has 4 nitrogen and oxygen atoms in total. The van der Waals surface area contributed by atoms with Crippen molar-refractivity contribution in [2.45, 2.75) is 33.4 Å². The molecule has 4 heteroatoms. The van der Waals surface area contributed by atoms with E-state index in [0.717, 1.165) is 11.3 Å². The molecule has 0 atom stereocenters. The van der Waals surface area contributed by atoms with Gasteiger partial charge in [0.05, 0.1) is 6.54 Å². The fourth-order valence-corrected chi connectivity index (χ4v) is 1.30. The summed E-state index contributed by atoms with van der Waals surface area (Å²) in [6.07, 6.45) is 1.82. The highest BCUT2D eigenvalue weighted by atomic mass is 16.1. The lowest BCUT2D eigenvalue weighted by Gasteiger charge is -2.09. The second kappa shape index (κ2) is 6.23. The Morgan fingerprint density at radius 3 is 2.75 bits per heavy atom. The van der Waals surface area contributed by atoms with Crippen molar-refractivity contribution in [3.8, 4) is 0 Å². The molecule has 0 saturated heterocycles. The van der Waals surface area contributed by atoms with Gasteiger partial charge in [-0.05, 0) is 32.4 Å². The minimum Gasteiger partial charge on any atom is -0.353 e. The van der Waals surface area contributed by atoms with Crippen molar-refractivity contribution in [3.05, 3.63) is 29.6 Å². The van der Waals surface area contributed by atoms with Crippen LogP contribution in [-0.2, 0) is 11.3 Å². The van der Waals surface area contributed by atoms with Gasteiger partial charge in [0.2, 0.25) is 5.91 Å². The molecule has 1 rings (SSSR count). The lowest BCUT2D eigenvalue weighted by molar-refractivity contribution is -0.120. The molecule has 0 radical (unpaired) electrons. The van der Waals surface area contributed by atoms with Gasteiger partial charge in [-0.2, -0.15) is 0 Å². The van der Waals surface area contributed by atoms with Crippen LogP contribution in [0, 0.1) is 6.92 Å². The number of aryl methyl sites for hydroxylation is 1. The largest absolute Gasteiger partial charge is 0.353 e. The summed E-state index contributed by atoms with van der Waals surface area (Å²) in [5.74, 6) is 0.0232. The van der Waals surface area contributed by atoms with E-state index in [2.05, 4.69) is 15.6 Å². The minimum atomic E-state index is 0.0232. The zero-order valence-corrected chi connectivity index (χ0v) is 10.1. The first-order chi connectivity index (χ1) is 7.58. The fraction of sp³-hybridized carbons (Fsp3) is 0.500. The molecule has 0 aliphatic rings. The van der Waals surface area contributed by atoms with Gasteiger partial charge in [-0.3, -0.25) is 9.78 Å². The maximum absolute atomic E-state index is 11.3. The SMILES string of the molecule is Cc1ccc(CNCC(=O)NC(C)C)cn1. The maximum Gasteiger partial charge on any atom is 0.234 e. The summed E-state index contributed by atoms with van der Waals surface area (Å²) >= 11 is 0. The van der Waals surface area contributed by atoms with Crippen molar-refractivity contribution in [1.82, 2.24) is 15.6 Å². The Morgan fingerprint density at radius 1 is 1.44 bits per heavy atom. The third kappa shape index (κ3) is 4.89. The van der Waals surface area contributed by atoms with Gasteiger partial charge >= 0.3 is 0 Å². The van der Waals surface area contributed by atoms with Crippen LogP contribution < -0.4 is 10.6 Å². The standard InChI is InChI=1S/C12H19N3O/c1-9(2)15-12(16)8-13-6-11-5-4-10(3)14-7-11/h4-5,7,9,13H,6,8H2,1-3H3,(H,15,16). The van der Waals surface area contributed by atoms with Crippen LogP contribution in [0.2, 0.25) is 0 Å². The van der Waals surface area contributed by atoms with Gasteiger partial charge in [0.1, 0.15) is 0 Å². The molecule has 0 fully saturated rings. The van der Waals surface area contributed by atoms with Gasteiger partial charge in [-0.25, -0.2) is 0 Å². The Hall–Kier alpha value is -1.42. The number of carbonyl (C=O) groups is 1. The minimum absolute atomic E-state index is 0.0232. The Morgan fingerprint density at radius 2 is 2.19 bits per heavy atom. The molecular weight excluding hydrogens is 202 g/mol. The van der Waals surface area contributed by atoms with E-state index in [1.807, 2.05) is 39.1 Å². The van der Waals surface area contributed by atoms with Crippen molar-refractivity contribution in [3.63, 3.8) is 0 Å². The van der Waals surface area contributed by atoms with Crippen molar-refractivity contribution in [2.24, 2.45) is 0 Å². The normalized spacial score (nSPS) is 10.5. The number of nitrogens with one attached hydrogen (secondary N) is 2. The summed E-state index contributed by atoms with van der Waals surface area (Å²) in [4.78, 5) is 15.5. The maximum atomic E-state index is 11.3. The summed E-state index contributed by atoms with van der Waals surface area (Å²) < 4.78 is 0. The molecule has 0 saturated carbocycles. The quantitative estimate of drug-likeness (QED) is 0.780. The first kappa shape index (κ1) is 12.6. The second-order valence-corrected chi connectivity index (χ2v) is 4.13. The van der Waals surface area contributed by atoms with E-state index in [9.17, 15) is 4.79 Å². The highest BCUT2D eigenvalue weighted by molar-refractivity contribution is 5.78. The number of pyridine rings is 1. The number of hydrogen-bond acceptors (Lipinski definition) is 3. The van der Waals surface area contributed by atoms with Gasteiger partial charge in [-0.1, -0.05) is 6.07 Å². The van der Waals surface area contributed by atoms with Crippen LogP contribution in [0.5, 0.6) is 0 Å². The average molecular weight is 221 g/mol. The molecule has 2 N–H and O–H groups in total. The summed E-state index contributed by atoms with van der Waals surface area (Å²) in [6, 6.07) is 4.16. The van der Waals surface area contributed by atoms with E-state index in [0.29, 0.717) is 13.1 Å². The van der Waals surface area contributed by atoms with Crippen molar-refractivity contribution < 1.29 is 4.79 Å². The van der Waals surface area contributed by atoms with Crippen LogP contribution in [0.25, 0.3) is 0 Å². The number of carbonyl (C=O) groups excluding carboxylic acids is 1. The van der Waals surface area contributed by atoms with Gasteiger partial charge in [0.25, 0.3) is 0 Å². The highest BCUT2D eigenvalue weighted by Crippen LogP contribution is 1.97. The highest BCUT2D eigenvalue weighted by Gasteiger charge is 2.02. The number of nitrogens with zero attached hydrogens (tertiary/aromatic N) is 1. The Labute approximate surface area is 96.5 Å². The van der Waals surface area contributed by atoms with Gasteiger partial charge < -0.3 is 10.6 Å². The molecule has 0 unspecified atom stereocenters. The first-order valence-corrected chi connectivity index (χ1v) is 5.49. The lowest BCUT2D eigenvalue weighted by atomic mass is 10.2. The molecule has 0 aliphatic heterocycles. The Balaban J connectivity index is 2.25. The lowest BCUT2D eigenvalue weighted by Crippen LogP contribution is -2.37. The predicted molar refractivity (Wildman–Crippen MR) is 64.0 cm³/mol. The molecule has 1 aromatic rings. The first-order valence-electron chi connectivity index (χ1n) is 5.49. The van der Waals surface area contributed by atoms with Gasteiger partial charge in [0.15, 0.2) is 0 Å². The molecule has 1 heterocycles.